The molecule has 0 amide bonds. The second-order valence-corrected chi connectivity index (χ2v) is 13.7. The van der Waals surface area contributed by atoms with Gasteiger partial charge in [0.25, 0.3) is 0 Å². The van der Waals surface area contributed by atoms with E-state index in [1.54, 1.807) is 0 Å². The van der Waals surface area contributed by atoms with E-state index in [1.807, 2.05) is 38.1 Å². The molecular formula is C32H32O5P2. The predicted octanol–water partition coefficient (Wildman–Crippen LogP) is 5.36. The summed E-state index contributed by atoms with van der Waals surface area (Å²) < 4.78 is 32.6. The first-order valence-electron chi connectivity index (χ1n) is 13.2. The van der Waals surface area contributed by atoms with Gasteiger partial charge in [-0.2, -0.15) is 0 Å². The molecule has 0 N–H and O–H groups in total. The van der Waals surface area contributed by atoms with Crippen molar-refractivity contribution in [2.45, 2.75) is 44.2 Å². The molecule has 200 valence electrons. The lowest BCUT2D eigenvalue weighted by molar-refractivity contribution is -0.215. The van der Waals surface area contributed by atoms with E-state index >= 15 is 0 Å². The molecular weight excluding hydrogens is 526 g/mol. The van der Waals surface area contributed by atoms with Crippen LogP contribution in [0.5, 0.6) is 0 Å². The Labute approximate surface area is 232 Å². The third-order valence-electron chi connectivity index (χ3n) is 6.65. The number of ether oxygens (including phenoxy) is 3. The highest BCUT2D eigenvalue weighted by Crippen LogP contribution is 2.46. The zero-order valence-electron chi connectivity index (χ0n) is 22.0. The van der Waals surface area contributed by atoms with E-state index < -0.39 is 28.4 Å². The van der Waals surface area contributed by atoms with Crippen LogP contribution < -0.4 is 21.2 Å². The zero-order chi connectivity index (χ0) is 26.7. The third-order valence-corrected chi connectivity index (χ3v) is 10.6. The molecule has 2 aliphatic heterocycles. The molecule has 6 rings (SSSR count). The van der Waals surface area contributed by atoms with Crippen molar-refractivity contribution in [2.75, 3.05) is 6.61 Å². The molecule has 39 heavy (non-hydrogen) atoms. The smallest absolute Gasteiger partial charge is 0.190 e. The van der Waals surface area contributed by atoms with Crippen LogP contribution in [0.4, 0.5) is 0 Å². The van der Waals surface area contributed by atoms with Crippen LogP contribution in [0.15, 0.2) is 121 Å². The second kappa shape index (κ2) is 12.0. The minimum Gasteiger partial charge on any atom is -0.347 e. The van der Waals surface area contributed by atoms with E-state index in [1.165, 1.54) is 0 Å². The van der Waals surface area contributed by atoms with Crippen LogP contribution in [0.1, 0.15) is 13.8 Å². The van der Waals surface area contributed by atoms with Crippen LogP contribution >= 0.6 is 16.3 Å². The van der Waals surface area contributed by atoms with Crippen LogP contribution in [0.25, 0.3) is 0 Å². The Morgan fingerprint density at radius 3 is 1.51 bits per heavy atom. The van der Waals surface area contributed by atoms with Gasteiger partial charge < -0.3 is 23.3 Å². The van der Waals surface area contributed by atoms with Crippen molar-refractivity contribution in [3.8, 4) is 0 Å². The molecule has 2 heterocycles. The Balaban J connectivity index is 1.29. The highest BCUT2D eigenvalue weighted by atomic mass is 31.1. The van der Waals surface area contributed by atoms with Crippen molar-refractivity contribution in [3.63, 3.8) is 0 Å². The van der Waals surface area contributed by atoms with E-state index in [-0.39, 0.29) is 18.3 Å². The fraction of sp³-hybridized carbons (Fsp3) is 0.250. The minimum absolute atomic E-state index is 0.354. The molecule has 2 saturated heterocycles. The van der Waals surface area contributed by atoms with Crippen molar-refractivity contribution in [3.05, 3.63) is 121 Å². The Hall–Kier alpha value is -2.46. The topological polar surface area (TPSA) is 46.2 Å². The average Bonchev–Trinajstić information content (AvgIpc) is 3.44. The van der Waals surface area contributed by atoms with Gasteiger partial charge in [-0.3, -0.25) is 0 Å². The van der Waals surface area contributed by atoms with E-state index in [9.17, 15) is 0 Å². The van der Waals surface area contributed by atoms with Gasteiger partial charge in [0.1, 0.15) is 18.3 Å². The van der Waals surface area contributed by atoms with E-state index in [0.717, 1.165) is 21.2 Å². The summed E-state index contributed by atoms with van der Waals surface area (Å²) in [6.45, 7) is 4.18. The first kappa shape index (κ1) is 26.7. The Morgan fingerprint density at radius 1 is 0.615 bits per heavy atom. The molecule has 0 unspecified atom stereocenters. The molecule has 0 aliphatic carbocycles. The van der Waals surface area contributed by atoms with Crippen LogP contribution in [-0.4, -0.2) is 37.0 Å². The van der Waals surface area contributed by atoms with E-state index in [0.29, 0.717) is 6.61 Å². The molecule has 0 saturated carbocycles. The summed E-state index contributed by atoms with van der Waals surface area (Å²) >= 11 is 0. The maximum absolute atomic E-state index is 7.01. The summed E-state index contributed by atoms with van der Waals surface area (Å²) in [5.74, 6) is -0.744. The second-order valence-electron chi connectivity index (χ2n) is 9.94. The van der Waals surface area contributed by atoms with Crippen molar-refractivity contribution >= 4 is 37.5 Å². The first-order valence-corrected chi connectivity index (χ1v) is 15.7. The normalized spacial score (nSPS) is 23.8. The molecule has 0 spiro atoms. The molecule has 4 aromatic rings. The molecule has 7 heteroatoms. The fourth-order valence-corrected chi connectivity index (χ4v) is 8.61. The first-order chi connectivity index (χ1) is 19.1. The highest BCUT2D eigenvalue weighted by Gasteiger charge is 2.56. The quantitative estimate of drug-likeness (QED) is 0.259. The molecule has 2 aliphatic rings. The zero-order valence-corrected chi connectivity index (χ0v) is 23.8. The lowest BCUT2D eigenvalue weighted by Crippen LogP contribution is -2.39. The summed E-state index contributed by atoms with van der Waals surface area (Å²) in [4.78, 5) is 0. The Bertz CT molecular complexity index is 1250. The summed E-state index contributed by atoms with van der Waals surface area (Å²) in [7, 11) is -2.16. The summed E-state index contributed by atoms with van der Waals surface area (Å²) in [6.07, 6.45) is -1.59. The predicted molar refractivity (Wildman–Crippen MR) is 158 cm³/mol. The van der Waals surface area contributed by atoms with Crippen LogP contribution in [-0.2, 0) is 23.3 Å². The molecule has 2 fully saturated rings. The molecule has 0 bridgehead atoms. The van der Waals surface area contributed by atoms with Crippen molar-refractivity contribution in [1.82, 2.24) is 0 Å². The molecule has 0 radical (unpaired) electrons. The van der Waals surface area contributed by atoms with Gasteiger partial charge >= 0.3 is 0 Å². The van der Waals surface area contributed by atoms with Gasteiger partial charge in [0.15, 0.2) is 12.1 Å². The third kappa shape index (κ3) is 6.16. The van der Waals surface area contributed by atoms with Crippen molar-refractivity contribution in [1.29, 1.82) is 0 Å². The van der Waals surface area contributed by atoms with Crippen LogP contribution in [0.2, 0.25) is 0 Å². The number of benzene rings is 4. The number of hydrogen-bond donors (Lipinski definition) is 0. The molecule has 4 aromatic carbocycles. The van der Waals surface area contributed by atoms with Gasteiger partial charge in [-0.15, -0.1) is 0 Å². The SMILES string of the molecule is CC1(C)O[C@H]2O[C@H](COP(c3ccccc3)c3ccccc3)[C@@H](OP(c3ccccc3)c3ccccc3)[C@H]2O1. The van der Waals surface area contributed by atoms with Crippen molar-refractivity contribution < 1.29 is 23.3 Å². The molecule has 0 aromatic heterocycles. The van der Waals surface area contributed by atoms with Gasteiger partial charge in [-0.05, 0) is 13.8 Å². The van der Waals surface area contributed by atoms with E-state index in [2.05, 4.69) is 97.1 Å². The maximum Gasteiger partial charge on any atom is 0.190 e. The Kier molecular flexibility index (Phi) is 8.20. The van der Waals surface area contributed by atoms with Crippen molar-refractivity contribution in [2.24, 2.45) is 0 Å². The van der Waals surface area contributed by atoms with Gasteiger partial charge in [-0.25, -0.2) is 0 Å². The van der Waals surface area contributed by atoms with Crippen LogP contribution in [0.3, 0.4) is 0 Å². The number of fused-ring (bicyclic) bond motifs is 1. The summed E-state index contributed by atoms with van der Waals surface area (Å²) in [6, 6.07) is 41.5. The van der Waals surface area contributed by atoms with Gasteiger partial charge in [0.2, 0.25) is 0 Å². The van der Waals surface area contributed by atoms with Gasteiger partial charge in [0.05, 0.1) is 22.9 Å². The number of hydrogen-bond acceptors (Lipinski definition) is 5. The minimum atomic E-state index is -1.12. The lowest BCUT2D eigenvalue weighted by Gasteiger charge is -2.30. The fourth-order valence-electron chi connectivity index (χ4n) is 4.90. The lowest BCUT2D eigenvalue weighted by atomic mass is 10.1. The van der Waals surface area contributed by atoms with Gasteiger partial charge in [-0.1, -0.05) is 121 Å². The maximum atomic E-state index is 7.01. The Morgan fingerprint density at radius 2 is 1.05 bits per heavy atom. The summed E-state index contributed by atoms with van der Waals surface area (Å²) in [5, 5.41) is 4.57. The van der Waals surface area contributed by atoms with Crippen LogP contribution in [0, 0.1) is 0 Å². The number of rotatable bonds is 9. The molecule has 5 nitrogen and oxygen atoms in total. The van der Waals surface area contributed by atoms with Gasteiger partial charge in [0, 0.05) is 21.2 Å². The largest absolute Gasteiger partial charge is 0.347 e. The standard InChI is InChI=1S/C32H32O5P2/c1-32(2)35-30-29(37-39(26-19-11-5-12-20-26)27-21-13-6-14-22-27)28(34-31(30)36-32)23-33-38(24-15-7-3-8-16-24)25-17-9-4-10-18-25/h3-22,28-31H,23H2,1-2H3/t28-,29-,30-,31-/m1/s1. The highest BCUT2D eigenvalue weighted by molar-refractivity contribution is 7.68. The van der Waals surface area contributed by atoms with E-state index in [4.69, 9.17) is 23.3 Å². The average molecular weight is 559 g/mol. The summed E-state index contributed by atoms with van der Waals surface area (Å²) in [5.41, 5.74) is 0. The monoisotopic (exact) mass is 558 g/mol. The molecule has 4 atom stereocenters.